The normalized spacial score (nSPS) is 10.9. The summed E-state index contributed by atoms with van der Waals surface area (Å²) in [6.07, 6.45) is 1.16. The Hall–Kier alpha value is -1.55. The number of carbonyl (C=O) groups is 1. The van der Waals surface area contributed by atoms with Crippen LogP contribution in [0.2, 0.25) is 5.02 Å². The number of esters is 1. The molecule has 5 heteroatoms. The van der Waals surface area contributed by atoms with Crippen molar-refractivity contribution in [1.29, 1.82) is 0 Å². The van der Waals surface area contributed by atoms with E-state index < -0.39 is 0 Å². The largest absolute Gasteiger partial charge is 0.466 e. The highest BCUT2D eigenvalue weighted by Gasteiger charge is 2.14. The summed E-state index contributed by atoms with van der Waals surface area (Å²) in [6.45, 7) is 5.08. The molecule has 0 radical (unpaired) electrons. The predicted molar refractivity (Wildman–Crippen MR) is 75.4 cm³/mol. The molecule has 1 aromatic carbocycles. The van der Waals surface area contributed by atoms with Crippen molar-refractivity contribution in [3.05, 3.63) is 29.0 Å². The van der Waals surface area contributed by atoms with Gasteiger partial charge in [0, 0.05) is 11.6 Å². The molecule has 0 aliphatic heterocycles. The predicted octanol–water partition coefficient (Wildman–Crippen LogP) is 3.21. The van der Waals surface area contributed by atoms with Crippen LogP contribution in [0.25, 0.3) is 11.0 Å². The number of benzene rings is 1. The molecule has 0 fully saturated rings. The number of hydrogen-bond donors (Lipinski definition) is 0. The van der Waals surface area contributed by atoms with Gasteiger partial charge in [0.25, 0.3) is 0 Å². The number of carbonyl (C=O) groups excluding carboxylic acids is 1. The van der Waals surface area contributed by atoms with Crippen molar-refractivity contribution in [2.24, 2.45) is 0 Å². The molecule has 2 rings (SSSR count). The number of fused-ring (bicyclic) bond motifs is 1. The molecule has 102 valence electrons. The smallest absolute Gasteiger partial charge is 0.313 e. The summed E-state index contributed by atoms with van der Waals surface area (Å²) < 4.78 is 7.02. The number of aromatic nitrogens is 2. The average Bonchev–Trinajstić information content (AvgIpc) is 2.68. The molecule has 4 nitrogen and oxygen atoms in total. The zero-order valence-corrected chi connectivity index (χ0v) is 11.9. The van der Waals surface area contributed by atoms with Crippen molar-refractivity contribution in [1.82, 2.24) is 9.55 Å². The summed E-state index contributed by atoms with van der Waals surface area (Å²) in [5.74, 6) is 0.485. The van der Waals surface area contributed by atoms with Crippen LogP contribution < -0.4 is 0 Å². The minimum Gasteiger partial charge on any atom is -0.466 e. The monoisotopic (exact) mass is 280 g/mol. The summed E-state index contributed by atoms with van der Waals surface area (Å²) in [5.41, 5.74) is 1.82. The summed E-state index contributed by atoms with van der Waals surface area (Å²) in [5, 5.41) is 0.674. The summed E-state index contributed by atoms with van der Waals surface area (Å²) in [7, 11) is 0. The molecular weight excluding hydrogens is 264 g/mol. The number of imidazole rings is 1. The van der Waals surface area contributed by atoms with Crippen molar-refractivity contribution >= 4 is 28.6 Å². The van der Waals surface area contributed by atoms with Gasteiger partial charge in [-0.3, -0.25) is 4.79 Å². The number of rotatable bonds is 5. The van der Waals surface area contributed by atoms with Crippen molar-refractivity contribution in [3.8, 4) is 0 Å². The molecule has 0 spiro atoms. The van der Waals surface area contributed by atoms with Gasteiger partial charge in [0.15, 0.2) is 0 Å². The molecule has 0 atom stereocenters. The van der Waals surface area contributed by atoms with E-state index >= 15 is 0 Å². The van der Waals surface area contributed by atoms with Gasteiger partial charge in [0.2, 0.25) is 0 Å². The highest BCUT2D eigenvalue weighted by molar-refractivity contribution is 6.31. The van der Waals surface area contributed by atoms with Gasteiger partial charge in [-0.25, -0.2) is 4.98 Å². The number of aryl methyl sites for hydroxylation is 1. The van der Waals surface area contributed by atoms with E-state index in [0.29, 0.717) is 11.6 Å². The van der Waals surface area contributed by atoms with Crippen molar-refractivity contribution < 1.29 is 9.53 Å². The van der Waals surface area contributed by atoms with Gasteiger partial charge in [-0.1, -0.05) is 18.5 Å². The maximum absolute atomic E-state index is 11.6. The molecule has 0 saturated carbocycles. The van der Waals surface area contributed by atoms with Gasteiger partial charge in [-0.05, 0) is 31.5 Å². The zero-order chi connectivity index (χ0) is 13.8. The van der Waals surface area contributed by atoms with Crippen LogP contribution in [-0.4, -0.2) is 22.1 Å². The van der Waals surface area contributed by atoms with E-state index in [1.54, 1.807) is 13.0 Å². The fraction of sp³-hybridized carbons (Fsp3) is 0.429. The minimum absolute atomic E-state index is 0.195. The molecule has 0 unspecified atom stereocenters. The zero-order valence-electron chi connectivity index (χ0n) is 11.1. The van der Waals surface area contributed by atoms with Gasteiger partial charge < -0.3 is 9.30 Å². The Kier molecular flexibility index (Phi) is 4.43. The highest BCUT2D eigenvalue weighted by atomic mass is 35.5. The second-order valence-corrected chi connectivity index (χ2v) is 4.73. The van der Waals surface area contributed by atoms with E-state index in [1.165, 1.54) is 0 Å². The molecule has 0 bridgehead atoms. The van der Waals surface area contributed by atoms with E-state index in [0.717, 1.165) is 29.8 Å². The van der Waals surface area contributed by atoms with Gasteiger partial charge in [-0.15, -0.1) is 0 Å². The number of hydrogen-bond acceptors (Lipinski definition) is 3. The van der Waals surface area contributed by atoms with Crippen LogP contribution in [0.3, 0.4) is 0 Å². The summed E-state index contributed by atoms with van der Waals surface area (Å²) >= 11 is 6.02. The van der Waals surface area contributed by atoms with Crippen molar-refractivity contribution in [2.45, 2.75) is 33.2 Å². The van der Waals surface area contributed by atoms with E-state index in [9.17, 15) is 4.79 Å². The third-order valence-corrected chi connectivity index (χ3v) is 3.08. The first kappa shape index (κ1) is 13.9. The van der Waals surface area contributed by atoms with Crippen LogP contribution in [0.4, 0.5) is 0 Å². The molecule has 2 aromatic rings. The minimum atomic E-state index is -0.249. The van der Waals surface area contributed by atoms with Crippen LogP contribution in [0.5, 0.6) is 0 Å². The molecule has 0 aliphatic rings. The topological polar surface area (TPSA) is 44.1 Å². The Morgan fingerprint density at radius 2 is 2.21 bits per heavy atom. The van der Waals surface area contributed by atoms with Gasteiger partial charge >= 0.3 is 5.97 Å². The molecule has 0 N–H and O–H groups in total. The van der Waals surface area contributed by atoms with Crippen LogP contribution >= 0.6 is 11.6 Å². The lowest BCUT2D eigenvalue weighted by molar-refractivity contribution is -0.142. The van der Waals surface area contributed by atoms with Gasteiger partial charge in [0.05, 0.1) is 17.6 Å². The van der Waals surface area contributed by atoms with E-state index in [-0.39, 0.29) is 12.4 Å². The molecule has 0 saturated heterocycles. The Balaban J connectivity index is 2.41. The maximum Gasteiger partial charge on any atom is 0.313 e. The SMILES string of the molecule is CCCn1c(CC(=O)OCC)nc2ccc(Cl)cc21. The van der Waals surface area contributed by atoms with E-state index in [1.807, 2.05) is 16.7 Å². The van der Waals surface area contributed by atoms with Crippen LogP contribution in [-0.2, 0) is 22.5 Å². The molecule has 1 heterocycles. The van der Waals surface area contributed by atoms with Gasteiger partial charge in [0.1, 0.15) is 12.2 Å². The molecule has 0 amide bonds. The lowest BCUT2D eigenvalue weighted by Gasteiger charge is -2.07. The quantitative estimate of drug-likeness (QED) is 0.790. The van der Waals surface area contributed by atoms with Crippen LogP contribution in [0.1, 0.15) is 26.1 Å². The Morgan fingerprint density at radius 3 is 2.89 bits per heavy atom. The molecule has 0 aliphatic carbocycles. The Bertz CT molecular complexity index is 592. The Morgan fingerprint density at radius 1 is 1.42 bits per heavy atom. The second kappa shape index (κ2) is 6.06. The van der Waals surface area contributed by atoms with E-state index in [4.69, 9.17) is 16.3 Å². The van der Waals surface area contributed by atoms with Crippen LogP contribution in [0.15, 0.2) is 18.2 Å². The molecular formula is C14H17ClN2O2. The van der Waals surface area contributed by atoms with Crippen LogP contribution in [0, 0.1) is 0 Å². The second-order valence-electron chi connectivity index (χ2n) is 4.29. The standard InChI is InChI=1S/C14H17ClN2O2/c1-3-7-17-12-8-10(15)5-6-11(12)16-13(17)9-14(18)19-4-2/h5-6,8H,3-4,7,9H2,1-2H3. The number of ether oxygens (including phenoxy) is 1. The maximum atomic E-state index is 11.6. The van der Waals surface area contributed by atoms with E-state index in [2.05, 4.69) is 11.9 Å². The van der Waals surface area contributed by atoms with Gasteiger partial charge in [-0.2, -0.15) is 0 Å². The Labute approximate surface area is 117 Å². The third kappa shape index (κ3) is 3.07. The average molecular weight is 281 g/mol. The highest BCUT2D eigenvalue weighted by Crippen LogP contribution is 2.21. The fourth-order valence-corrected chi connectivity index (χ4v) is 2.26. The third-order valence-electron chi connectivity index (χ3n) is 2.84. The fourth-order valence-electron chi connectivity index (χ4n) is 2.09. The first-order valence-corrected chi connectivity index (χ1v) is 6.83. The summed E-state index contributed by atoms with van der Waals surface area (Å²) in [4.78, 5) is 16.1. The van der Waals surface area contributed by atoms with Crippen molar-refractivity contribution in [2.75, 3.05) is 6.61 Å². The first-order valence-electron chi connectivity index (χ1n) is 6.46. The lowest BCUT2D eigenvalue weighted by atomic mass is 10.3. The molecule has 1 aromatic heterocycles. The summed E-state index contributed by atoms with van der Waals surface area (Å²) in [6, 6.07) is 5.56. The number of halogens is 1. The number of nitrogens with zero attached hydrogens (tertiary/aromatic N) is 2. The first-order chi connectivity index (χ1) is 9.15. The van der Waals surface area contributed by atoms with Crippen molar-refractivity contribution in [3.63, 3.8) is 0 Å². The lowest BCUT2D eigenvalue weighted by Crippen LogP contribution is -2.12. The molecule has 19 heavy (non-hydrogen) atoms.